The summed E-state index contributed by atoms with van der Waals surface area (Å²) in [4.78, 5) is 0. The fourth-order valence-corrected chi connectivity index (χ4v) is 1.53. The van der Waals surface area contributed by atoms with E-state index in [4.69, 9.17) is 15.7 Å². The van der Waals surface area contributed by atoms with E-state index in [-0.39, 0.29) is 11.8 Å². The van der Waals surface area contributed by atoms with Crippen LogP contribution in [-0.4, -0.2) is 17.6 Å². The number of nitrogens with zero attached hydrogens (tertiary/aromatic N) is 1. The molecule has 0 bridgehead atoms. The van der Waals surface area contributed by atoms with Crippen LogP contribution < -0.4 is 10.5 Å². The van der Waals surface area contributed by atoms with Gasteiger partial charge >= 0.3 is 0 Å². The van der Waals surface area contributed by atoms with E-state index < -0.39 is 0 Å². The van der Waals surface area contributed by atoms with Gasteiger partial charge in [-0.05, 0) is 30.0 Å². The Morgan fingerprint density at radius 3 is 2.61 bits per heavy atom. The molecular weight excluding hydrogens is 228 g/mol. The second-order valence-electron chi connectivity index (χ2n) is 4.92. The van der Waals surface area contributed by atoms with E-state index in [0.29, 0.717) is 12.5 Å². The second kappa shape index (κ2) is 6.28. The van der Waals surface area contributed by atoms with E-state index in [1.807, 2.05) is 13.8 Å². The molecule has 1 unspecified atom stereocenters. The number of benzene rings is 1. The molecule has 1 rings (SSSR count). The number of rotatable bonds is 5. The minimum Gasteiger partial charge on any atom is -0.493 e. The molecule has 0 aliphatic heterocycles. The van der Waals surface area contributed by atoms with Gasteiger partial charge < -0.3 is 15.7 Å². The number of hydrogen-bond acceptors (Lipinski definition) is 3. The molecule has 4 nitrogen and oxygen atoms in total. The number of amidine groups is 1. The first kappa shape index (κ1) is 14.4. The van der Waals surface area contributed by atoms with Crippen molar-refractivity contribution in [2.24, 2.45) is 16.8 Å². The summed E-state index contributed by atoms with van der Waals surface area (Å²) in [6.45, 7) is 8.56. The van der Waals surface area contributed by atoms with E-state index in [1.54, 1.807) is 0 Å². The van der Waals surface area contributed by atoms with Crippen LogP contribution >= 0.6 is 0 Å². The van der Waals surface area contributed by atoms with Gasteiger partial charge in [0.2, 0.25) is 0 Å². The van der Waals surface area contributed by atoms with Gasteiger partial charge in [-0.2, -0.15) is 0 Å². The first-order chi connectivity index (χ1) is 8.45. The van der Waals surface area contributed by atoms with E-state index in [2.05, 4.69) is 37.2 Å². The molecule has 4 heteroatoms. The Morgan fingerprint density at radius 2 is 2.06 bits per heavy atom. The van der Waals surface area contributed by atoms with E-state index in [0.717, 1.165) is 11.3 Å². The maximum Gasteiger partial charge on any atom is 0.145 e. The summed E-state index contributed by atoms with van der Waals surface area (Å²) in [5.41, 5.74) is 7.85. The zero-order valence-corrected chi connectivity index (χ0v) is 11.5. The van der Waals surface area contributed by atoms with Gasteiger partial charge in [-0.15, -0.1) is 0 Å². The summed E-state index contributed by atoms with van der Waals surface area (Å²) in [5, 5.41) is 11.6. The van der Waals surface area contributed by atoms with Gasteiger partial charge in [-0.1, -0.05) is 38.1 Å². The maximum atomic E-state index is 8.58. The topological polar surface area (TPSA) is 67.8 Å². The third kappa shape index (κ3) is 3.65. The highest BCUT2D eigenvalue weighted by Gasteiger charge is 2.10. The molecule has 0 spiro atoms. The molecule has 18 heavy (non-hydrogen) atoms. The van der Waals surface area contributed by atoms with Crippen molar-refractivity contribution in [2.45, 2.75) is 33.6 Å². The average Bonchev–Trinajstić information content (AvgIpc) is 2.36. The summed E-state index contributed by atoms with van der Waals surface area (Å²) >= 11 is 0. The highest BCUT2D eigenvalue weighted by Crippen LogP contribution is 2.24. The maximum absolute atomic E-state index is 8.58. The van der Waals surface area contributed by atoms with Gasteiger partial charge in [0, 0.05) is 0 Å². The molecule has 3 N–H and O–H groups in total. The fraction of sp³-hybridized carbons (Fsp3) is 0.500. The lowest BCUT2D eigenvalue weighted by molar-refractivity contribution is 0.277. The Morgan fingerprint density at radius 1 is 1.39 bits per heavy atom. The molecule has 0 saturated heterocycles. The molecule has 1 atom stereocenters. The van der Waals surface area contributed by atoms with Crippen LogP contribution in [0.15, 0.2) is 23.4 Å². The van der Waals surface area contributed by atoms with E-state index in [1.165, 1.54) is 5.56 Å². The summed E-state index contributed by atoms with van der Waals surface area (Å²) < 4.78 is 5.74. The monoisotopic (exact) mass is 250 g/mol. The van der Waals surface area contributed by atoms with Gasteiger partial charge in [0.25, 0.3) is 0 Å². The lowest BCUT2D eigenvalue weighted by Gasteiger charge is -2.15. The Kier molecular flexibility index (Phi) is 5.01. The standard InChI is InChI=1S/C14H22N2O2/c1-9(2)12-6-5-10(3)13(7-12)18-8-11(4)14(15)16-17/h5-7,9,11,17H,8H2,1-4H3,(H2,15,16). The van der Waals surface area contributed by atoms with Crippen molar-refractivity contribution in [2.75, 3.05) is 6.61 Å². The molecule has 0 heterocycles. The van der Waals surface area contributed by atoms with Crippen LogP contribution in [0, 0.1) is 12.8 Å². The Labute approximate surface area is 108 Å². The minimum absolute atomic E-state index is 0.114. The number of ether oxygens (including phenoxy) is 1. The summed E-state index contributed by atoms with van der Waals surface area (Å²) in [6, 6.07) is 6.22. The predicted molar refractivity (Wildman–Crippen MR) is 73.3 cm³/mol. The molecule has 0 saturated carbocycles. The van der Waals surface area contributed by atoms with Crippen molar-refractivity contribution >= 4 is 5.84 Å². The highest BCUT2D eigenvalue weighted by molar-refractivity contribution is 5.81. The van der Waals surface area contributed by atoms with Crippen LogP contribution in [0.4, 0.5) is 0 Å². The number of aryl methyl sites for hydroxylation is 1. The SMILES string of the molecule is Cc1ccc(C(C)C)cc1OCC(C)/C(N)=N/O. The molecule has 0 fully saturated rings. The first-order valence-electron chi connectivity index (χ1n) is 6.16. The largest absolute Gasteiger partial charge is 0.493 e. The molecule has 1 aromatic rings. The van der Waals surface area contributed by atoms with Crippen LogP contribution in [0.2, 0.25) is 0 Å². The van der Waals surface area contributed by atoms with Crippen molar-refractivity contribution < 1.29 is 9.94 Å². The number of oxime groups is 1. The molecule has 100 valence electrons. The lowest BCUT2D eigenvalue weighted by atomic mass is 10.0. The molecule has 0 aromatic heterocycles. The van der Waals surface area contributed by atoms with Crippen LogP contribution in [0.25, 0.3) is 0 Å². The second-order valence-corrected chi connectivity index (χ2v) is 4.92. The molecule has 0 aliphatic carbocycles. The van der Waals surface area contributed by atoms with E-state index >= 15 is 0 Å². The quantitative estimate of drug-likeness (QED) is 0.365. The van der Waals surface area contributed by atoms with Gasteiger partial charge in [0.1, 0.15) is 11.6 Å². The molecule has 0 amide bonds. The third-order valence-electron chi connectivity index (χ3n) is 2.99. The summed E-state index contributed by atoms with van der Waals surface area (Å²) in [7, 11) is 0. The molecule has 1 aromatic carbocycles. The average molecular weight is 250 g/mol. The van der Waals surface area contributed by atoms with Gasteiger partial charge in [0.15, 0.2) is 0 Å². The van der Waals surface area contributed by atoms with Crippen molar-refractivity contribution in [1.29, 1.82) is 0 Å². The fourth-order valence-electron chi connectivity index (χ4n) is 1.53. The third-order valence-corrected chi connectivity index (χ3v) is 2.99. The van der Waals surface area contributed by atoms with Crippen molar-refractivity contribution in [3.63, 3.8) is 0 Å². The predicted octanol–water partition coefficient (Wildman–Crippen LogP) is 2.88. The lowest BCUT2D eigenvalue weighted by Crippen LogP contribution is -2.26. The highest BCUT2D eigenvalue weighted by atomic mass is 16.5. The van der Waals surface area contributed by atoms with Gasteiger partial charge in [-0.25, -0.2) is 0 Å². The zero-order valence-electron chi connectivity index (χ0n) is 11.5. The van der Waals surface area contributed by atoms with Crippen molar-refractivity contribution in [3.8, 4) is 5.75 Å². The van der Waals surface area contributed by atoms with Gasteiger partial charge in [0.05, 0.1) is 12.5 Å². The van der Waals surface area contributed by atoms with Crippen molar-refractivity contribution in [1.82, 2.24) is 0 Å². The molecular formula is C14H22N2O2. The molecule has 0 aliphatic rings. The van der Waals surface area contributed by atoms with Crippen molar-refractivity contribution in [3.05, 3.63) is 29.3 Å². The Hall–Kier alpha value is -1.71. The summed E-state index contributed by atoms with van der Waals surface area (Å²) in [5.74, 6) is 1.40. The Balaban J connectivity index is 2.75. The zero-order chi connectivity index (χ0) is 13.7. The minimum atomic E-state index is -0.114. The van der Waals surface area contributed by atoms with Crippen LogP contribution in [0.3, 0.4) is 0 Å². The normalized spacial score (nSPS) is 13.7. The van der Waals surface area contributed by atoms with Crippen LogP contribution in [0.1, 0.15) is 37.8 Å². The Bertz CT molecular complexity index is 428. The van der Waals surface area contributed by atoms with Crippen LogP contribution in [-0.2, 0) is 0 Å². The first-order valence-corrected chi connectivity index (χ1v) is 6.16. The van der Waals surface area contributed by atoms with E-state index in [9.17, 15) is 0 Å². The number of hydrogen-bond donors (Lipinski definition) is 2. The van der Waals surface area contributed by atoms with Crippen LogP contribution in [0.5, 0.6) is 5.75 Å². The summed E-state index contributed by atoms with van der Waals surface area (Å²) in [6.07, 6.45) is 0. The molecule has 0 radical (unpaired) electrons. The smallest absolute Gasteiger partial charge is 0.145 e. The van der Waals surface area contributed by atoms with Gasteiger partial charge in [-0.3, -0.25) is 0 Å². The number of nitrogens with two attached hydrogens (primary N) is 1.